The Morgan fingerprint density at radius 2 is 1.86 bits per heavy atom. The molecule has 2 aromatic rings. The number of methoxy groups -OCH3 is 1. The van der Waals surface area contributed by atoms with Gasteiger partial charge in [0.15, 0.2) is 0 Å². The van der Waals surface area contributed by atoms with E-state index in [0.29, 0.717) is 32.6 Å². The molecule has 106 valence electrons. The van der Waals surface area contributed by atoms with Crippen molar-refractivity contribution in [2.75, 3.05) is 12.4 Å². The molecule has 2 aromatic carbocycles. The van der Waals surface area contributed by atoms with E-state index in [1.165, 1.54) is 19.2 Å². The first-order valence-electron chi connectivity index (χ1n) is 5.89. The van der Waals surface area contributed by atoms with Gasteiger partial charge in [-0.2, -0.15) is 5.26 Å². The average Bonchev–Trinajstić information content (AvgIpc) is 2.47. The molecule has 1 amide bonds. The average molecular weight is 321 g/mol. The summed E-state index contributed by atoms with van der Waals surface area (Å²) in [5.74, 6) is -0.0668. The highest BCUT2D eigenvalue weighted by atomic mass is 35.5. The minimum atomic E-state index is -0.415. The minimum Gasteiger partial charge on any atom is -0.496 e. The van der Waals surface area contributed by atoms with E-state index in [1.54, 1.807) is 24.3 Å². The van der Waals surface area contributed by atoms with Crippen LogP contribution in [0.2, 0.25) is 10.0 Å². The van der Waals surface area contributed by atoms with Crippen molar-refractivity contribution in [3.63, 3.8) is 0 Å². The molecule has 0 radical (unpaired) electrons. The van der Waals surface area contributed by atoms with Crippen molar-refractivity contribution < 1.29 is 9.53 Å². The van der Waals surface area contributed by atoms with Crippen molar-refractivity contribution in [3.8, 4) is 11.8 Å². The molecule has 0 saturated carbocycles. The summed E-state index contributed by atoms with van der Waals surface area (Å²) in [5.41, 5.74) is 0.971. The summed E-state index contributed by atoms with van der Waals surface area (Å²) in [6.07, 6.45) is 0. The highest BCUT2D eigenvalue weighted by Gasteiger charge is 2.14. The molecule has 0 saturated heterocycles. The molecule has 0 aliphatic heterocycles. The standard InChI is InChI=1S/C15H10Cl2N2O2/c1-21-14-7-11(17)4-5-12(14)15(20)19-13-6-10(16)3-2-9(13)8-18/h2-7H,1H3,(H,19,20). The molecule has 21 heavy (non-hydrogen) atoms. The van der Waals surface area contributed by atoms with Gasteiger partial charge in [0.1, 0.15) is 11.8 Å². The number of ether oxygens (including phenoxy) is 1. The van der Waals surface area contributed by atoms with Crippen LogP contribution in [0, 0.1) is 11.3 Å². The van der Waals surface area contributed by atoms with Crippen molar-refractivity contribution in [3.05, 3.63) is 57.6 Å². The predicted octanol–water partition coefficient (Wildman–Crippen LogP) is 4.13. The van der Waals surface area contributed by atoms with E-state index < -0.39 is 5.91 Å². The Balaban J connectivity index is 2.35. The van der Waals surface area contributed by atoms with Crippen molar-refractivity contribution >= 4 is 34.8 Å². The maximum Gasteiger partial charge on any atom is 0.259 e. The van der Waals surface area contributed by atoms with Gasteiger partial charge in [0.05, 0.1) is 23.9 Å². The molecule has 0 spiro atoms. The summed E-state index contributed by atoms with van der Waals surface area (Å²) in [5, 5.41) is 12.6. The quantitative estimate of drug-likeness (QED) is 0.925. The number of amides is 1. The van der Waals surface area contributed by atoms with Crippen LogP contribution in [-0.2, 0) is 0 Å². The SMILES string of the molecule is COc1cc(Cl)ccc1C(=O)Nc1cc(Cl)ccc1C#N. The lowest BCUT2D eigenvalue weighted by Crippen LogP contribution is -2.14. The third-order valence-corrected chi connectivity index (χ3v) is 3.23. The van der Waals surface area contributed by atoms with Crippen LogP contribution in [0.1, 0.15) is 15.9 Å². The van der Waals surface area contributed by atoms with Crippen molar-refractivity contribution in [1.82, 2.24) is 0 Å². The zero-order valence-corrected chi connectivity index (χ0v) is 12.5. The monoisotopic (exact) mass is 320 g/mol. The normalized spacial score (nSPS) is 9.81. The van der Waals surface area contributed by atoms with Gasteiger partial charge in [-0.25, -0.2) is 0 Å². The second-order valence-electron chi connectivity index (χ2n) is 4.10. The Kier molecular flexibility index (Phi) is 4.69. The first kappa shape index (κ1) is 15.2. The van der Waals surface area contributed by atoms with Crippen LogP contribution < -0.4 is 10.1 Å². The smallest absolute Gasteiger partial charge is 0.259 e. The summed E-state index contributed by atoms with van der Waals surface area (Å²) in [6.45, 7) is 0. The van der Waals surface area contributed by atoms with E-state index >= 15 is 0 Å². The number of nitrogens with zero attached hydrogens (tertiary/aromatic N) is 1. The van der Waals surface area contributed by atoms with Crippen LogP contribution in [0.4, 0.5) is 5.69 Å². The first-order chi connectivity index (χ1) is 10.0. The van der Waals surface area contributed by atoms with E-state index in [-0.39, 0.29) is 0 Å². The van der Waals surface area contributed by atoms with Gasteiger partial charge in [0, 0.05) is 10.0 Å². The molecule has 0 aromatic heterocycles. The van der Waals surface area contributed by atoms with Gasteiger partial charge in [0.2, 0.25) is 0 Å². The van der Waals surface area contributed by atoms with Crippen LogP contribution in [-0.4, -0.2) is 13.0 Å². The summed E-state index contributed by atoms with van der Waals surface area (Å²) >= 11 is 11.7. The number of rotatable bonds is 3. The zero-order valence-electron chi connectivity index (χ0n) is 11.0. The van der Waals surface area contributed by atoms with Gasteiger partial charge in [-0.1, -0.05) is 23.2 Å². The van der Waals surface area contributed by atoms with Gasteiger partial charge < -0.3 is 10.1 Å². The number of anilines is 1. The molecule has 0 bridgehead atoms. The molecular weight excluding hydrogens is 311 g/mol. The van der Waals surface area contributed by atoms with Gasteiger partial charge in [0.25, 0.3) is 5.91 Å². The third kappa shape index (κ3) is 3.46. The molecule has 4 nitrogen and oxygen atoms in total. The number of benzene rings is 2. The lowest BCUT2D eigenvalue weighted by atomic mass is 10.1. The second kappa shape index (κ2) is 6.49. The number of carbonyl (C=O) groups is 1. The van der Waals surface area contributed by atoms with Crippen molar-refractivity contribution in [2.24, 2.45) is 0 Å². The van der Waals surface area contributed by atoms with E-state index in [0.717, 1.165) is 0 Å². The third-order valence-electron chi connectivity index (χ3n) is 2.76. The van der Waals surface area contributed by atoms with Crippen LogP contribution in [0.5, 0.6) is 5.75 Å². The summed E-state index contributed by atoms with van der Waals surface area (Å²) in [6, 6.07) is 11.3. The van der Waals surface area contributed by atoms with Gasteiger partial charge >= 0.3 is 0 Å². The van der Waals surface area contributed by atoms with E-state index in [1.807, 2.05) is 6.07 Å². The Bertz CT molecular complexity index is 739. The number of hydrogen-bond donors (Lipinski definition) is 1. The molecule has 0 fully saturated rings. The number of nitrogens with one attached hydrogen (secondary N) is 1. The fourth-order valence-corrected chi connectivity index (χ4v) is 2.09. The highest BCUT2D eigenvalue weighted by Crippen LogP contribution is 2.26. The fraction of sp³-hybridized carbons (Fsp3) is 0.0667. The summed E-state index contributed by atoms with van der Waals surface area (Å²) in [4.78, 5) is 12.3. The number of carbonyl (C=O) groups excluding carboxylic acids is 1. The maximum absolute atomic E-state index is 12.3. The molecule has 0 unspecified atom stereocenters. The minimum absolute atomic E-state index is 0.311. The molecular formula is C15H10Cl2N2O2. The lowest BCUT2D eigenvalue weighted by Gasteiger charge is -2.11. The lowest BCUT2D eigenvalue weighted by molar-refractivity contribution is 0.102. The molecule has 1 N–H and O–H groups in total. The maximum atomic E-state index is 12.3. The molecule has 0 atom stereocenters. The molecule has 2 rings (SSSR count). The Morgan fingerprint density at radius 1 is 1.19 bits per heavy atom. The first-order valence-corrected chi connectivity index (χ1v) is 6.65. The molecule has 6 heteroatoms. The molecule has 0 aliphatic carbocycles. The topological polar surface area (TPSA) is 62.1 Å². The van der Waals surface area contributed by atoms with E-state index in [4.69, 9.17) is 33.2 Å². The number of halogens is 2. The Labute approximate surface area is 131 Å². The number of hydrogen-bond acceptors (Lipinski definition) is 3. The van der Waals surface area contributed by atoms with Crippen molar-refractivity contribution in [1.29, 1.82) is 5.26 Å². The van der Waals surface area contributed by atoms with E-state index in [9.17, 15) is 4.79 Å². The van der Waals surface area contributed by atoms with Gasteiger partial charge in [-0.05, 0) is 36.4 Å². The zero-order chi connectivity index (χ0) is 15.4. The van der Waals surface area contributed by atoms with Crippen LogP contribution in [0.15, 0.2) is 36.4 Å². The Hall–Kier alpha value is -2.22. The summed E-state index contributed by atoms with van der Waals surface area (Å²) < 4.78 is 5.13. The van der Waals surface area contributed by atoms with E-state index in [2.05, 4.69) is 5.32 Å². The van der Waals surface area contributed by atoms with Crippen molar-refractivity contribution in [2.45, 2.75) is 0 Å². The molecule has 0 aliphatic rings. The van der Waals surface area contributed by atoms with Crippen LogP contribution in [0.3, 0.4) is 0 Å². The summed E-state index contributed by atoms with van der Waals surface area (Å²) in [7, 11) is 1.45. The molecule has 0 heterocycles. The largest absolute Gasteiger partial charge is 0.496 e. The highest BCUT2D eigenvalue weighted by molar-refractivity contribution is 6.31. The van der Waals surface area contributed by atoms with Gasteiger partial charge in [-0.15, -0.1) is 0 Å². The van der Waals surface area contributed by atoms with Gasteiger partial charge in [-0.3, -0.25) is 4.79 Å². The van der Waals surface area contributed by atoms with Crippen LogP contribution in [0.25, 0.3) is 0 Å². The fourth-order valence-electron chi connectivity index (χ4n) is 1.76. The van der Waals surface area contributed by atoms with Crippen LogP contribution >= 0.6 is 23.2 Å². The number of nitriles is 1. The Morgan fingerprint density at radius 3 is 2.52 bits per heavy atom. The predicted molar refractivity (Wildman–Crippen MR) is 82.1 cm³/mol. The second-order valence-corrected chi connectivity index (χ2v) is 4.97.